The molecule has 0 spiro atoms. The van der Waals surface area contributed by atoms with Gasteiger partial charge in [-0.2, -0.15) is 5.26 Å². The maximum atomic E-state index is 10.9. The van der Waals surface area contributed by atoms with Crippen molar-refractivity contribution < 1.29 is 9.90 Å². The van der Waals surface area contributed by atoms with E-state index in [2.05, 4.69) is 0 Å². The molecular weight excluding hydrogens is 192 g/mol. The molecule has 0 aliphatic heterocycles. The van der Waals surface area contributed by atoms with Crippen LogP contribution in [-0.4, -0.2) is 11.1 Å². The van der Waals surface area contributed by atoms with Gasteiger partial charge in [-0.3, -0.25) is 0 Å². The molecule has 0 atom stereocenters. The molecule has 3 N–H and O–H groups in total. The van der Waals surface area contributed by atoms with Crippen LogP contribution in [-0.2, 0) is 13.0 Å². The van der Waals surface area contributed by atoms with Gasteiger partial charge in [0.1, 0.15) is 6.07 Å². The standard InChI is InChI=1S/C11H12N2O2/c1-2-7-3-8(5-12)10(6-13)9(4-7)11(14)15/h3-4H,2,5,12H2,1H3,(H,14,15). The molecule has 0 radical (unpaired) electrons. The lowest BCUT2D eigenvalue weighted by Crippen LogP contribution is -2.08. The van der Waals surface area contributed by atoms with Gasteiger partial charge in [0.25, 0.3) is 0 Å². The van der Waals surface area contributed by atoms with Crippen LogP contribution in [0.3, 0.4) is 0 Å². The third kappa shape index (κ3) is 2.14. The van der Waals surface area contributed by atoms with Gasteiger partial charge in [0, 0.05) is 6.54 Å². The number of nitrogens with zero attached hydrogens (tertiary/aromatic N) is 1. The van der Waals surface area contributed by atoms with E-state index in [0.717, 1.165) is 12.0 Å². The Morgan fingerprint density at radius 1 is 1.60 bits per heavy atom. The van der Waals surface area contributed by atoms with Crippen molar-refractivity contribution in [1.82, 2.24) is 0 Å². The Bertz CT molecular complexity index is 433. The van der Waals surface area contributed by atoms with Crippen molar-refractivity contribution in [3.63, 3.8) is 0 Å². The van der Waals surface area contributed by atoms with Crippen molar-refractivity contribution in [2.75, 3.05) is 0 Å². The number of rotatable bonds is 3. The number of carboxylic acid groups (broad SMARTS) is 1. The lowest BCUT2D eigenvalue weighted by atomic mass is 9.97. The highest BCUT2D eigenvalue weighted by Crippen LogP contribution is 2.17. The monoisotopic (exact) mass is 204 g/mol. The molecule has 15 heavy (non-hydrogen) atoms. The first kappa shape index (κ1) is 11.2. The average Bonchev–Trinajstić information content (AvgIpc) is 2.26. The molecule has 0 saturated carbocycles. The van der Waals surface area contributed by atoms with Gasteiger partial charge in [0.2, 0.25) is 0 Å². The van der Waals surface area contributed by atoms with Crippen molar-refractivity contribution in [2.24, 2.45) is 5.73 Å². The Hall–Kier alpha value is -1.86. The number of carboxylic acids is 1. The fourth-order valence-corrected chi connectivity index (χ4v) is 1.43. The zero-order chi connectivity index (χ0) is 11.4. The van der Waals surface area contributed by atoms with E-state index in [4.69, 9.17) is 16.1 Å². The molecule has 0 fully saturated rings. The second kappa shape index (κ2) is 4.58. The molecule has 4 heteroatoms. The second-order valence-corrected chi connectivity index (χ2v) is 3.15. The van der Waals surface area contributed by atoms with E-state index in [1.807, 2.05) is 13.0 Å². The highest BCUT2D eigenvalue weighted by molar-refractivity contribution is 5.91. The van der Waals surface area contributed by atoms with Crippen LogP contribution in [0.1, 0.15) is 34.0 Å². The zero-order valence-corrected chi connectivity index (χ0v) is 8.45. The quantitative estimate of drug-likeness (QED) is 0.776. The molecule has 0 amide bonds. The van der Waals surface area contributed by atoms with E-state index in [9.17, 15) is 4.79 Å². The predicted octanol–water partition coefficient (Wildman–Crippen LogP) is 1.28. The van der Waals surface area contributed by atoms with E-state index in [0.29, 0.717) is 5.56 Å². The first-order valence-electron chi connectivity index (χ1n) is 4.63. The van der Waals surface area contributed by atoms with Crippen LogP contribution in [0.5, 0.6) is 0 Å². The van der Waals surface area contributed by atoms with Gasteiger partial charge < -0.3 is 10.8 Å². The molecule has 1 aromatic carbocycles. The molecule has 0 bridgehead atoms. The Balaban J connectivity index is 3.48. The maximum Gasteiger partial charge on any atom is 0.337 e. The number of aryl methyl sites for hydroxylation is 1. The normalized spacial score (nSPS) is 9.67. The van der Waals surface area contributed by atoms with E-state index in [1.54, 1.807) is 6.07 Å². The van der Waals surface area contributed by atoms with Gasteiger partial charge in [-0.25, -0.2) is 4.79 Å². The van der Waals surface area contributed by atoms with E-state index in [1.165, 1.54) is 6.07 Å². The van der Waals surface area contributed by atoms with Crippen LogP contribution in [0, 0.1) is 11.3 Å². The fourth-order valence-electron chi connectivity index (χ4n) is 1.43. The summed E-state index contributed by atoms with van der Waals surface area (Å²) in [7, 11) is 0. The first-order chi connectivity index (χ1) is 7.13. The number of nitrogens with two attached hydrogens (primary N) is 1. The van der Waals surface area contributed by atoms with Gasteiger partial charge >= 0.3 is 5.97 Å². The molecule has 4 nitrogen and oxygen atoms in total. The Kier molecular flexibility index (Phi) is 3.42. The highest BCUT2D eigenvalue weighted by Gasteiger charge is 2.14. The lowest BCUT2D eigenvalue weighted by Gasteiger charge is -2.07. The molecule has 1 aromatic rings. The van der Waals surface area contributed by atoms with Gasteiger partial charge in [-0.1, -0.05) is 13.0 Å². The lowest BCUT2D eigenvalue weighted by molar-refractivity contribution is 0.0696. The number of hydrogen-bond donors (Lipinski definition) is 2. The summed E-state index contributed by atoms with van der Waals surface area (Å²) in [5, 5.41) is 17.8. The van der Waals surface area contributed by atoms with Crippen molar-refractivity contribution in [1.29, 1.82) is 5.26 Å². The van der Waals surface area contributed by atoms with Crippen LogP contribution < -0.4 is 5.73 Å². The number of aromatic carboxylic acids is 1. The third-order valence-electron chi connectivity index (χ3n) is 2.25. The fraction of sp³-hybridized carbons (Fsp3) is 0.273. The summed E-state index contributed by atoms with van der Waals surface area (Å²) in [5.74, 6) is -1.09. The highest BCUT2D eigenvalue weighted by atomic mass is 16.4. The minimum Gasteiger partial charge on any atom is -0.478 e. The van der Waals surface area contributed by atoms with Crippen LogP contribution in [0.2, 0.25) is 0 Å². The average molecular weight is 204 g/mol. The third-order valence-corrected chi connectivity index (χ3v) is 2.25. The summed E-state index contributed by atoms with van der Waals surface area (Å²) >= 11 is 0. The SMILES string of the molecule is CCc1cc(CN)c(C#N)c(C(=O)O)c1. The summed E-state index contributed by atoms with van der Waals surface area (Å²) in [6, 6.07) is 5.20. The Morgan fingerprint density at radius 2 is 2.27 bits per heavy atom. The number of carbonyl (C=O) groups is 1. The minimum absolute atomic E-state index is 0.0392. The van der Waals surface area contributed by atoms with Crippen LogP contribution in [0.4, 0.5) is 0 Å². The predicted molar refractivity (Wildman–Crippen MR) is 55.4 cm³/mol. The summed E-state index contributed by atoms with van der Waals surface area (Å²) in [5.41, 5.74) is 7.16. The maximum absolute atomic E-state index is 10.9. The summed E-state index contributed by atoms with van der Waals surface area (Å²) in [6.07, 6.45) is 0.721. The number of hydrogen-bond acceptors (Lipinski definition) is 3. The molecule has 0 unspecified atom stereocenters. The van der Waals surface area contributed by atoms with Gasteiger partial charge in [-0.15, -0.1) is 0 Å². The Labute approximate surface area is 87.9 Å². The molecule has 0 aliphatic carbocycles. The van der Waals surface area contributed by atoms with Crippen LogP contribution >= 0.6 is 0 Å². The smallest absolute Gasteiger partial charge is 0.337 e. The summed E-state index contributed by atoms with van der Waals surface area (Å²) in [6.45, 7) is 2.10. The Morgan fingerprint density at radius 3 is 2.67 bits per heavy atom. The van der Waals surface area contributed by atoms with Gasteiger partial charge in [-0.05, 0) is 23.6 Å². The van der Waals surface area contributed by atoms with Gasteiger partial charge in [0.05, 0.1) is 11.1 Å². The summed E-state index contributed by atoms with van der Waals surface area (Å²) < 4.78 is 0. The molecule has 0 saturated heterocycles. The number of benzene rings is 1. The van der Waals surface area contributed by atoms with Gasteiger partial charge in [0.15, 0.2) is 0 Å². The van der Waals surface area contributed by atoms with Crippen molar-refractivity contribution in [3.05, 3.63) is 34.4 Å². The van der Waals surface area contributed by atoms with E-state index < -0.39 is 5.97 Å². The first-order valence-corrected chi connectivity index (χ1v) is 4.63. The largest absolute Gasteiger partial charge is 0.478 e. The van der Waals surface area contributed by atoms with E-state index >= 15 is 0 Å². The zero-order valence-electron chi connectivity index (χ0n) is 8.45. The minimum atomic E-state index is -1.09. The van der Waals surface area contributed by atoms with Crippen molar-refractivity contribution in [2.45, 2.75) is 19.9 Å². The van der Waals surface area contributed by atoms with E-state index in [-0.39, 0.29) is 17.7 Å². The summed E-state index contributed by atoms with van der Waals surface area (Å²) in [4.78, 5) is 10.9. The molecule has 78 valence electrons. The van der Waals surface area contributed by atoms with Crippen molar-refractivity contribution in [3.8, 4) is 6.07 Å². The van der Waals surface area contributed by atoms with Crippen molar-refractivity contribution >= 4 is 5.97 Å². The molecule has 0 aliphatic rings. The molecule has 0 aromatic heterocycles. The van der Waals surface area contributed by atoms with Crippen LogP contribution in [0.15, 0.2) is 12.1 Å². The molecule has 1 rings (SSSR count). The molecular formula is C11H12N2O2. The number of nitriles is 1. The van der Waals surface area contributed by atoms with Crippen LogP contribution in [0.25, 0.3) is 0 Å². The second-order valence-electron chi connectivity index (χ2n) is 3.15. The molecule has 0 heterocycles. The topological polar surface area (TPSA) is 87.1 Å².